The van der Waals surface area contributed by atoms with E-state index >= 15 is 0 Å². The zero-order valence-electron chi connectivity index (χ0n) is 10.3. The highest BCUT2D eigenvalue weighted by Gasteiger charge is 2.32. The summed E-state index contributed by atoms with van der Waals surface area (Å²) in [5.41, 5.74) is 2.47. The van der Waals surface area contributed by atoms with Crippen molar-refractivity contribution in [2.45, 2.75) is 18.8 Å². The van der Waals surface area contributed by atoms with E-state index in [0.717, 1.165) is 16.9 Å². The van der Waals surface area contributed by atoms with Crippen LogP contribution in [-0.4, -0.2) is 11.3 Å². The molecule has 0 bridgehead atoms. The van der Waals surface area contributed by atoms with Gasteiger partial charge in [-0.05, 0) is 35.9 Å². The number of pyridine rings is 1. The van der Waals surface area contributed by atoms with Crippen molar-refractivity contribution in [1.82, 2.24) is 4.98 Å². The summed E-state index contributed by atoms with van der Waals surface area (Å²) in [7, 11) is 0. The van der Waals surface area contributed by atoms with Crippen LogP contribution in [0.3, 0.4) is 0 Å². The van der Waals surface area contributed by atoms with Crippen LogP contribution < -0.4 is 10.1 Å². The molecule has 2 aromatic rings. The summed E-state index contributed by atoms with van der Waals surface area (Å²) in [6.45, 7) is 0. The van der Waals surface area contributed by atoms with E-state index in [4.69, 9.17) is 0 Å². The third kappa shape index (κ3) is 2.68. The van der Waals surface area contributed by atoms with Gasteiger partial charge in [0.15, 0.2) is 0 Å². The Hall–Kier alpha value is -2.24. The molecule has 1 N–H and O–H groups in total. The fourth-order valence-electron chi connectivity index (χ4n) is 2.30. The van der Waals surface area contributed by atoms with E-state index in [2.05, 4.69) is 15.0 Å². The van der Waals surface area contributed by atoms with Gasteiger partial charge in [-0.3, -0.25) is 4.98 Å². The van der Waals surface area contributed by atoms with Gasteiger partial charge in [0, 0.05) is 18.3 Å². The summed E-state index contributed by atoms with van der Waals surface area (Å²) >= 11 is 0. The predicted octanol–water partition coefficient (Wildman–Crippen LogP) is 3.69. The Labute approximate surface area is 113 Å². The number of alkyl halides is 3. The number of hydrogen-bond donors (Lipinski definition) is 1. The second-order valence-corrected chi connectivity index (χ2v) is 4.52. The molecule has 0 fully saturated rings. The second kappa shape index (κ2) is 4.70. The molecule has 1 unspecified atom stereocenters. The van der Waals surface area contributed by atoms with Crippen molar-refractivity contribution in [2.24, 2.45) is 0 Å². The lowest BCUT2D eigenvalue weighted by Gasteiger charge is -2.10. The Kier molecular flexibility index (Phi) is 3.00. The van der Waals surface area contributed by atoms with Crippen molar-refractivity contribution in [3.8, 4) is 5.75 Å². The van der Waals surface area contributed by atoms with Gasteiger partial charge in [-0.25, -0.2) is 0 Å². The van der Waals surface area contributed by atoms with Gasteiger partial charge >= 0.3 is 6.36 Å². The van der Waals surface area contributed by atoms with Gasteiger partial charge in [-0.15, -0.1) is 13.2 Å². The van der Waals surface area contributed by atoms with E-state index in [-0.39, 0.29) is 11.8 Å². The van der Waals surface area contributed by atoms with E-state index in [1.165, 1.54) is 12.1 Å². The Bertz CT molecular complexity index is 614. The molecular weight excluding hydrogens is 269 g/mol. The smallest absolute Gasteiger partial charge is 0.406 e. The number of nitrogens with one attached hydrogen (secondary N) is 1. The molecule has 3 rings (SSSR count). The highest BCUT2D eigenvalue weighted by atomic mass is 19.4. The van der Waals surface area contributed by atoms with Gasteiger partial charge in [0.1, 0.15) is 5.75 Å². The fraction of sp³-hybridized carbons (Fsp3) is 0.214. The lowest BCUT2D eigenvalue weighted by atomic mass is 10.1. The quantitative estimate of drug-likeness (QED) is 0.911. The van der Waals surface area contributed by atoms with Gasteiger partial charge in [0.2, 0.25) is 0 Å². The second-order valence-electron chi connectivity index (χ2n) is 4.52. The zero-order valence-corrected chi connectivity index (χ0v) is 10.3. The van der Waals surface area contributed by atoms with Gasteiger partial charge in [0.05, 0.1) is 11.7 Å². The molecule has 1 aromatic carbocycles. The molecule has 3 nitrogen and oxygen atoms in total. The third-order valence-corrected chi connectivity index (χ3v) is 3.11. The number of halogens is 3. The maximum absolute atomic E-state index is 12.2. The number of anilines is 1. The van der Waals surface area contributed by atoms with E-state index in [9.17, 15) is 13.2 Å². The predicted molar refractivity (Wildman–Crippen MR) is 67.4 cm³/mol. The topological polar surface area (TPSA) is 34.1 Å². The van der Waals surface area contributed by atoms with Crippen LogP contribution in [0.1, 0.15) is 17.3 Å². The molecule has 20 heavy (non-hydrogen) atoms. The number of nitrogens with zero attached hydrogens (tertiary/aromatic N) is 1. The molecule has 0 amide bonds. The molecule has 0 saturated heterocycles. The lowest BCUT2D eigenvalue weighted by Crippen LogP contribution is -2.17. The largest absolute Gasteiger partial charge is 0.573 e. The summed E-state index contributed by atoms with van der Waals surface area (Å²) in [6, 6.07) is 9.88. The van der Waals surface area contributed by atoms with Crippen molar-refractivity contribution < 1.29 is 17.9 Å². The van der Waals surface area contributed by atoms with Crippen molar-refractivity contribution in [3.63, 3.8) is 0 Å². The highest BCUT2D eigenvalue weighted by molar-refractivity contribution is 5.60. The number of aromatic nitrogens is 1. The number of benzene rings is 1. The number of hydrogen-bond acceptors (Lipinski definition) is 3. The maximum Gasteiger partial charge on any atom is 0.573 e. The molecule has 2 heterocycles. The van der Waals surface area contributed by atoms with Crippen LogP contribution in [-0.2, 0) is 6.42 Å². The van der Waals surface area contributed by atoms with Crippen molar-refractivity contribution in [1.29, 1.82) is 0 Å². The molecule has 1 atom stereocenters. The molecule has 1 aliphatic heterocycles. The minimum absolute atomic E-state index is 0.0210. The Balaban J connectivity index is 1.80. The van der Waals surface area contributed by atoms with Crippen LogP contribution in [0, 0.1) is 0 Å². The van der Waals surface area contributed by atoms with Crippen LogP contribution in [0.2, 0.25) is 0 Å². The first-order valence-electron chi connectivity index (χ1n) is 6.07. The van der Waals surface area contributed by atoms with Crippen LogP contribution in [0.25, 0.3) is 0 Å². The summed E-state index contributed by atoms with van der Waals surface area (Å²) < 4.78 is 40.5. The molecule has 1 aromatic heterocycles. The number of ether oxygens (including phenoxy) is 1. The molecule has 6 heteroatoms. The van der Waals surface area contributed by atoms with E-state index in [1.807, 2.05) is 18.2 Å². The summed E-state index contributed by atoms with van der Waals surface area (Å²) in [5, 5.41) is 3.24. The minimum atomic E-state index is -4.67. The standard InChI is InChI=1S/C14H11F3N2O/c15-14(16,17)20-10-4-5-11-9(7-10)8-13(19-11)12-3-1-2-6-18-12/h1-7,13,19H,8H2. The molecule has 0 spiro atoms. The number of fused-ring (bicyclic) bond motifs is 1. The normalized spacial score (nSPS) is 17.4. The van der Waals surface area contributed by atoms with Crippen LogP contribution in [0.4, 0.5) is 18.9 Å². The first-order valence-corrected chi connectivity index (χ1v) is 6.07. The van der Waals surface area contributed by atoms with Crippen molar-refractivity contribution in [3.05, 3.63) is 53.9 Å². The summed E-state index contributed by atoms with van der Waals surface area (Å²) in [6.07, 6.45) is -2.39. The fourth-order valence-corrected chi connectivity index (χ4v) is 2.30. The first-order chi connectivity index (χ1) is 9.51. The van der Waals surface area contributed by atoms with Crippen LogP contribution >= 0.6 is 0 Å². The van der Waals surface area contributed by atoms with Crippen LogP contribution in [0.5, 0.6) is 5.75 Å². The zero-order chi connectivity index (χ0) is 14.2. The van der Waals surface area contributed by atoms with Gasteiger partial charge in [-0.2, -0.15) is 0 Å². The van der Waals surface area contributed by atoms with Gasteiger partial charge < -0.3 is 10.1 Å². The van der Waals surface area contributed by atoms with Crippen molar-refractivity contribution >= 4 is 5.69 Å². The molecule has 0 aliphatic carbocycles. The molecule has 104 valence electrons. The van der Waals surface area contributed by atoms with Crippen molar-refractivity contribution in [2.75, 3.05) is 5.32 Å². The highest BCUT2D eigenvalue weighted by Crippen LogP contribution is 2.36. The SMILES string of the molecule is FC(F)(F)Oc1ccc2c(c1)CC(c1ccccn1)N2. The Morgan fingerprint density at radius 2 is 2.05 bits per heavy atom. The average molecular weight is 280 g/mol. The van der Waals surface area contributed by atoms with E-state index in [0.29, 0.717) is 6.42 Å². The first kappa shape index (κ1) is 12.8. The minimum Gasteiger partial charge on any atom is -0.406 e. The molecule has 0 radical (unpaired) electrons. The Morgan fingerprint density at radius 1 is 1.20 bits per heavy atom. The summed E-state index contributed by atoms with van der Waals surface area (Å²) in [4.78, 5) is 4.25. The molecule has 0 saturated carbocycles. The summed E-state index contributed by atoms with van der Waals surface area (Å²) in [5.74, 6) is -0.195. The average Bonchev–Trinajstić information content (AvgIpc) is 2.81. The monoisotopic (exact) mass is 280 g/mol. The van der Waals surface area contributed by atoms with E-state index < -0.39 is 6.36 Å². The van der Waals surface area contributed by atoms with Gasteiger partial charge in [0.25, 0.3) is 0 Å². The van der Waals surface area contributed by atoms with Gasteiger partial charge in [-0.1, -0.05) is 6.07 Å². The number of rotatable bonds is 2. The van der Waals surface area contributed by atoms with Crippen LogP contribution in [0.15, 0.2) is 42.6 Å². The molecular formula is C14H11F3N2O. The third-order valence-electron chi connectivity index (χ3n) is 3.11. The molecule has 1 aliphatic rings. The lowest BCUT2D eigenvalue weighted by molar-refractivity contribution is -0.274. The van der Waals surface area contributed by atoms with E-state index in [1.54, 1.807) is 12.3 Å². The Morgan fingerprint density at radius 3 is 2.75 bits per heavy atom. The maximum atomic E-state index is 12.2.